The Kier molecular flexibility index (Phi) is 5.43. The van der Waals surface area contributed by atoms with E-state index in [1.807, 2.05) is 24.3 Å². The zero-order chi connectivity index (χ0) is 15.9. The first kappa shape index (κ1) is 15.8. The number of unbranched alkanes of at least 4 members (excludes halogenated alkanes) is 3. The summed E-state index contributed by atoms with van der Waals surface area (Å²) in [7, 11) is 0. The predicted molar refractivity (Wildman–Crippen MR) is 92.2 cm³/mol. The SMILES string of the molecule is OC(CCCCCCc1ccccc1)c1nc2ccccc2o1. The molecule has 0 bridgehead atoms. The van der Waals surface area contributed by atoms with E-state index < -0.39 is 6.10 Å². The van der Waals surface area contributed by atoms with Gasteiger partial charge in [-0.05, 0) is 37.0 Å². The van der Waals surface area contributed by atoms with E-state index in [-0.39, 0.29) is 0 Å². The van der Waals surface area contributed by atoms with Gasteiger partial charge in [0.05, 0.1) is 0 Å². The molecule has 0 aliphatic rings. The maximum Gasteiger partial charge on any atom is 0.224 e. The van der Waals surface area contributed by atoms with Gasteiger partial charge >= 0.3 is 0 Å². The molecule has 0 amide bonds. The van der Waals surface area contributed by atoms with Gasteiger partial charge < -0.3 is 9.52 Å². The van der Waals surface area contributed by atoms with Crippen molar-refractivity contribution in [3.05, 3.63) is 66.1 Å². The number of aromatic nitrogens is 1. The predicted octanol–water partition coefficient (Wildman–Crippen LogP) is 5.05. The Balaban J connectivity index is 1.37. The van der Waals surface area contributed by atoms with Crippen molar-refractivity contribution < 1.29 is 9.52 Å². The van der Waals surface area contributed by atoms with Crippen molar-refractivity contribution in [3.63, 3.8) is 0 Å². The van der Waals surface area contributed by atoms with Gasteiger partial charge in [0.1, 0.15) is 11.6 Å². The normalized spacial score (nSPS) is 12.6. The minimum atomic E-state index is -0.600. The van der Waals surface area contributed by atoms with Gasteiger partial charge in [-0.15, -0.1) is 0 Å². The van der Waals surface area contributed by atoms with Crippen molar-refractivity contribution in [2.24, 2.45) is 0 Å². The van der Waals surface area contributed by atoms with E-state index >= 15 is 0 Å². The summed E-state index contributed by atoms with van der Waals surface area (Å²) in [5.41, 5.74) is 2.95. The van der Waals surface area contributed by atoms with Crippen molar-refractivity contribution in [2.75, 3.05) is 0 Å². The highest BCUT2D eigenvalue weighted by atomic mass is 16.4. The zero-order valence-electron chi connectivity index (χ0n) is 13.3. The van der Waals surface area contributed by atoms with Gasteiger partial charge in [-0.2, -0.15) is 0 Å². The lowest BCUT2D eigenvalue weighted by Gasteiger charge is -2.06. The van der Waals surface area contributed by atoms with E-state index in [4.69, 9.17) is 4.42 Å². The van der Waals surface area contributed by atoms with Crippen LogP contribution in [-0.4, -0.2) is 10.1 Å². The highest BCUT2D eigenvalue weighted by Crippen LogP contribution is 2.23. The van der Waals surface area contributed by atoms with Gasteiger partial charge in [0, 0.05) is 0 Å². The summed E-state index contributed by atoms with van der Waals surface area (Å²) in [6.07, 6.45) is 5.75. The minimum Gasteiger partial charge on any atom is -0.438 e. The number of aliphatic hydroxyl groups excluding tert-OH is 1. The quantitative estimate of drug-likeness (QED) is 0.592. The second kappa shape index (κ2) is 7.93. The van der Waals surface area contributed by atoms with Crippen molar-refractivity contribution in [1.29, 1.82) is 0 Å². The molecule has 0 radical (unpaired) electrons. The van der Waals surface area contributed by atoms with E-state index in [0.29, 0.717) is 12.3 Å². The first-order chi connectivity index (χ1) is 11.3. The number of rotatable bonds is 8. The third kappa shape index (κ3) is 4.42. The summed E-state index contributed by atoms with van der Waals surface area (Å²) in [5, 5.41) is 10.2. The molecule has 3 rings (SSSR count). The number of hydrogen-bond donors (Lipinski definition) is 1. The molecule has 1 aromatic heterocycles. The molecule has 0 saturated carbocycles. The summed E-state index contributed by atoms with van der Waals surface area (Å²) >= 11 is 0. The molecule has 3 aromatic rings. The lowest BCUT2D eigenvalue weighted by molar-refractivity contribution is 0.133. The lowest BCUT2D eigenvalue weighted by Crippen LogP contribution is -1.97. The Morgan fingerprint density at radius 1 is 0.870 bits per heavy atom. The Hall–Kier alpha value is -2.13. The largest absolute Gasteiger partial charge is 0.438 e. The van der Waals surface area contributed by atoms with E-state index in [2.05, 4.69) is 35.3 Å². The van der Waals surface area contributed by atoms with Crippen LogP contribution in [0.4, 0.5) is 0 Å². The van der Waals surface area contributed by atoms with Crippen LogP contribution in [0.5, 0.6) is 0 Å². The van der Waals surface area contributed by atoms with Crippen LogP contribution < -0.4 is 0 Å². The molecule has 1 N–H and O–H groups in total. The van der Waals surface area contributed by atoms with E-state index in [0.717, 1.165) is 30.4 Å². The second-order valence-electron chi connectivity index (χ2n) is 5.97. The molecular weight excluding hydrogens is 286 g/mol. The zero-order valence-corrected chi connectivity index (χ0v) is 13.3. The molecule has 0 aliphatic heterocycles. The van der Waals surface area contributed by atoms with Crippen LogP contribution in [0.3, 0.4) is 0 Å². The number of nitrogens with zero attached hydrogens (tertiary/aromatic N) is 1. The van der Waals surface area contributed by atoms with Gasteiger partial charge in [0.15, 0.2) is 5.58 Å². The van der Waals surface area contributed by atoms with E-state index in [1.54, 1.807) is 0 Å². The van der Waals surface area contributed by atoms with Crippen LogP contribution in [0.25, 0.3) is 11.1 Å². The molecule has 0 fully saturated rings. The Morgan fingerprint density at radius 2 is 1.61 bits per heavy atom. The Labute approximate surface area is 137 Å². The number of aliphatic hydroxyl groups is 1. The lowest BCUT2D eigenvalue weighted by atomic mass is 10.0. The maximum absolute atomic E-state index is 10.2. The smallest absolute Gasteiger partial charge is 0.224 e. The van der Waals surface area contributed by atoms with Gasteiger partial charge in [0.25, 0.3) is 0 Å². The fraction of sp³-hybridized carbons (Fsp3) is 0.350. The van der Waals surface area contributed by atoms with Crippen molar-refractivity contribution in [3.8, 4) is 0 Å². The summed E-state index contributed by atoms with van der Waals surface area (Å²) in [6.45, 7) is 0. The standard InChI is InChI=1S/C20H23NO2/c22-18(20-21-17-13-8-9-15-19(17)23-20)14-7-2-1-4-10-16-11-5-3-6-12-16/h3,5-6,8-9,11-13,15,18,22H,1-2,4,7,10,14H2. The highest BCUT2D eigenvalue weighted by Gasteiger charge is 2.14. The van der Waals surface area contributed by atoms with Crippen molar-refractivity contribution in [2.45, 2.75) is 44.6 Å². The minimum absolute atomic E-state index is 0.440. The Morgan fingerprint density at radius 3 is 2.43 bits per heavy atom. The third-order valence-electron chi connectivity index (χ3n) is 4.13. The number of aryl methyl sites for hydroxylation is 1. The molecule has 0 spiro atoms. The van der Waals surface area contributed by atoms with Crippen LogP contribution in [-0.2, 0) is 6.42 Å². The molecule has 120 valence electrons. The van der Waals surface area contributed by atoms with Crippen LogP contribution in [0.15, 0.2) is 59.0 Å². The molecule has 1 heterocycles. The van der Waals surface area contributed by atoms with E-state index in [1.165, 1.54) is 18.4 Å². The maximum atomic E-state index is 10.2. The summed E-state index contributed by atoms with van der Waals surface area (Å²) in [6, 6.07) is 18.2. The highest BCUT2D eigenvalue weighted by molar-refractivity contribution is 5.72. The molecule has 0 saturated heterocycles. The summed E-state index contributed by atoms with van der Waals surface area (Å²) < 4.78 is 5.60. The van der Waals surface area contributed by atoms with Crippen LogP contribution >= 0.6 is 0 Å². The van der Waals surface area contributed by atoms with Crippen LogP contribution in [0.1, 0.15) is 49.7 Å². The van der Waals surface area contributed by atoms with Gasteiger partial charge in [-0.3, -0.25) is 0 Å². The fourth-order valence-electron chi connectivity index (χ4n) is 2.82. The topological polar surface area (TPSA) is 46.3 Å². The molecule has 1 unspecified atom stereocenters. The summed E-state index contributed by atoms with van der Waals surface area (Å²) in [4.78, 5) is 4.35. The van der Waals surface area contributed by atoms with Crippen molar-refractivity contribution in [1.82, 2.24) is 4.98 Å². The molecule has 23 heavy (non-hydrogen) atoms. The molecule has 3 heteroatoms. The molecular formula is C20H23NO2. The fourth-order valence-corrected chi connectivity index (χ4v) is 2.82. The second-order valence-corrected chi connectivity index (χ2v) is 5.97. The van der Waals surface area contributed by atoms with Gasteiger partial charge in [-0.1, -0.05) is 61.7 Å². The monoisotopic (exact) mass is 309 g/mol. The molecule has 2 aromatic carbocycles. The third-order valence-corrected chi connectivity index (χ3v) is 4.13. The first-order valence-corrected chi connectivity index (χ1v) is 8.40. The number of oxazole rings is 1. The number of benzene rings is 2. The summed E-state index contributed by atoms with van der Waals surface area (Å²) in [5.74, 6) is 0.440. The first-order valence-electron chi connectivity index (χ1n) is 8.40. The van der Waals surface area contributed by atoms with E-state index in [9.17, 15) is 5.11 Å². The number of para-hydroxylation sites is 2. The molecule has 3 nitrogen and oxygen atoms in total. The van der Waals surface area contributed by atoms with Gasteiger partial charge in [-0.25, -0.2) is 4.98 Å². The average Bonchev–Trinajstić information content (AvgIpc) is 3.03. The number of fused-ring (bicyclic) bond motifs is 1. The van der Waals surface area contributed by atoms with Crippen molar-refractivity contribution >= 4 is 11.1 Å². The van der Waals surface area contributed by atoms with Gasteiger partial charge in [0.2, 0.25) is 5.89 Å². The average molecular weight is 309 g/mol. The molecule has 0 aliphatic carbocycles. The molecule has 1 atom stereocenters. The van der Waals surface area contributed by atoms with Crippen LogP contribution in [0, 0.1) is 0 Å². The Bertz CT molecular complexity index is 688. The number of hydrogen-bond acceptors (Lipinski definition) is 3. The van der Waals surface area contributed by atoms with Crippen LogP contribution in [0.2, 0.25) is 0 Å².